The largest absolute Gasteiger partial charge is 0.340 e. The van der Waals surface area contributed by atoms with Crippen molar-refractivity contribution in [1.82, 2.24) is 19.9 Å². The van der Waals surface area contributed by atoms with Crippen LogP contribution in [0.5, 0.6) is 0 Å². The van der Waals surface area contributed by atoms with Gasteiger partial charge in [-0.1, -0.05) is 30.6 Å². The zero-order chi connectivity index (χ0) is 19.2. The van der Waals surface area contributed by atoms with E-state index < -0.39 is 0 Å². The van der Waals surface area contributed by atoms with E-state index in [2.05, 4.69) is 28.9 Å². The molecule has 7 heteroatoms. The Labute approximate surface area is 165 Å². The number of nitrogens with zero attached hydrogens (tertiary/aromatic N) is 4. The third-order valence-corrected chi connectivity index (χ3v) is 5.12. The van der Waals surface area contributed by atoms with E-state index in [1.165, 1.54) is 6.42 Å². The Kier molecular flexibility index (Phi) is 6.85. The van der Waals surface area contributed by atoms with Crippen LogP contribution in [0, 0.1) is 5.92 Å². The summed E-state index contributed by atoms with van der Waals surface area (Å²) in [6.45, 7) is 9.13. The van der Waals surface area contributed by atoms with Gasteiger partial charge in [-0.15, -0.1) is 0 Å². The van der Waals surface area contributed by atoms with Crippen LogP contribution in [-0.2, 0) is 11.2 Å². The average molecular weight is 391 g/mol. The molecule has 1 saturated heterocycles. The number of carbonyl (C=O) groups excluding carboxylic acids is 1. The van der Waals surface area contributed by atoms with Gasteiger partial charge in [0.25, 0.3) is 0 Å². The number of halogens is 1. The fourth-order valence-electron chi connectivity index (χ4n) is 3.11. The van der Waals surface area contributed by atoms with Crippen LogP contribution in [-0.4, -0.2) is 58.6 Å². The number of piperazine rings is 1. The van der Waals surface area contributed by atoms with Gasteiger partial charge in [0.15, 0.2) is 0 Å². The first-order valence-electron chi connectivity index (χ1n) is 9.60. The molecule has 1 amide bonds. The highest BCUT2D eigenvalue weighted by Crippen LogP contribution is 2.19. The second-order valence-electron chi connectivity index (χ2n) is 7.42. The first-order chi connectivity index (χ1) is 13.0. The van der Waals surface area contributed by atoms with Crippen molar-refractivity contribution in [3.63, 3.8) is 0 Å². The molecule has 0 unspecified atom stereocenters. The number of aryl methyl sites for hydroxylation is 1. The van der Waals surface area contributed by atoms with E-state index in [-0.39, 0.29) is 5.91 Å². The van der Waals surface area contributed by atoms with E-state index in [0.29, 0.717) is 29.6 Å². The highest BCUT2D eigenvalue weighted by molar-refractivity contribution is 6.30. The molecule has 146 valence electrons. The van der Waals surface area contributed by atoms with Gasteiger partial charge in [-0.3, -0.25) is 9.69 Å². The van der Waals surface area contributed by atoms with Crippen LogP contribution in [0.2, 0.25) is 5.02 Å². The zero-order valence-electron chi connectivity index (χ0n) is 16.0. The van der Waals surface area contributed by atoms with Crippen molar-refractivity contribution < 1.29 is 9.32 Å². The van der Waals surface area contributed by atoms with Crippen molar-refractivity contribution in [2.75, 3.05) is 32.7 Å². The van der Waals surface area contributed by atoms with Crippen LogP contribution in [0.15, 0.2) is 28.8 Å². The second kappa shape index (κ2) is 9.33. The Morgan fingerprint density at radius 1 is 1.19 bits per heavy atom. The zero-order valence-corrected chi connectivity index (χ0v) is 16.8. The lowest BCUT2D eigenvalue weighted by atomic mass is 10.1. The summed E-state index contributed by atoms with van der Waals surface area (Å²) in [4.78, 5) is 21.2. The molecule has 0 bridgehead atoms. The molecule has 0 aliphatic carbocycles. The molecule has 1 aromatic carbocycles. The van der Waals surface area contributed by atoms with Gasteiger partial charge in [0.05, 0.1) is 0 Å². The lowest BCUT2D eigenvalue weighted by Gasteiger charge is -2.35. The summed E-state index contributed by atoms with van der Waals surface area (Å²) in [7, 11) is 0. The Morgan fingerprint density at radius 2 is 1.89 bits per heavy atom. The molecular weight excluding hydrogens is 364 g/mol. The Bertz CT molecular complexity index is 737. The monoisotopic (exact) mass is 390 g/mol. The summed E-state index contributed by atoms with van der Waals surface area (Å²) in [5.41, 5.74) is 0.846. The van der Waals surface area contributed by atoms with Crippen molar-refractivity contribution in [3.8, 4) is 11.4 Å². The normalized spacial score (nSPS) is 15.5. The highest BCUT2D eigenvalue weighted by Gasteiger charge is 2.21. The molecule has 0 saturated carbocycles. The van der Waals surface area contributed by atoms with Crippen molar-refractivity contribution in [2.45, 2.75) is 33.1 Å². The standard InChI is InChI=1S/C20H27ClN4O2/c1-15(2)9-10-24-11-13-25(14-12-24)19(26)8-7-18-22-20(23-27-18)16-3-5-17(21)6-4-16/h3-6,15H,7-14H2,1-2H3. The number of amides is 1. The number of benzene rings is 1. The first kappa shape index (κ1) is 19.8. The molecule has 1 aliphatic heterocycles. The summed E-state index contributed by atoms with van der Waals surface area (Å²) in [5, 5.41) is 4.65. The minimum atomic E-state index is 0.157. The smallest absolute Gasteiger partial charge is 0.227 e. The predicted octanol–water partition coefficient (Wildman–Crippen LogP) is 3.51. The SMILES string of the molecule is CC(C)CCN1CCN(C(=O)CCc2nc(-c3ccc(Cl)cc3)no2)CC1. The molecule has 3 rings (SSSR count). The second-order valence-corrected chi connectivity index (χ2v) is 7.86. The number of carbonyl (C=O) groups is 1. The van der Waals surface area contributed by atoms with E-state index in [4.69, 9.17) is 16.1 Å². The Morgan fingerprint density at radius 3 is 2.56 bits per heavy atom. The minimum absolute atomic E-state index is 0.157. The van der Waals surface area contributed by atoms with Crippen molar-refractivity contribution in [2.24, 2.45) is 5.92 Å². The van der Waals surface area contributed by atoms with Crippen LogP contribution in [0.1, 0.15) is 32.6 Å². The van der Waals surface area contributed by atoms with Gasteiger partial charge in [0.1, 0.15) is 0 Å². The van der Waals surface area contributed by atoms with E-state index in [0.717, 1.165) is 44.2 Å². The summed E-state index contributed by atoms with van der Waals surface area (Å²) < 4.78 is 5.29. The summed E-state index contributed by atoms with van der Waals surface area (Å²) in [6.07, 6.45) is 2.07. The maximum Gasteiger partial charge on any atom is 0.227 e. The van der Waals surface area contributed by atoms with Crippen molar-refractivity contribution in [1.29, 1.82) is 0 Å². The summed E-state index contributed by atoms with van der Waals surface area (Å²) in [5.74, 6) is 1.89. The van der Waals surface area contributed by atoms with E-state index >= 15 is 0 Å². The minimum Gasteiger partial charge on any atom is -0.340 e. The van der Waals surface area contributed by atoms with Crippen molar-refractivity contribution in [3.05, 3.63) is 35.2 Å². The van der Waals surface area contributed by atoms with Gasteiger partial charge < -0.3 is 9.42 Å². The molecule has 27 heavy (non-hydrogen) atoms. The van der Waals surface area contributed by atoms with Gasteiger partial charge in [-0.25, -0.2) is 0 Å². The Hall–Kier alpha value is -1.92. The average Bonchev–Trinajstić information content (AvgIpc) is 3.14. The maximum atomic E-state index is 12.5. The molecule has 2 heterocycles. The number of hydrogen-bond donors (Lipinski definition) is 0. The van der Waals surface area contributed by atoms with E-state index in [9.17, 15) is 4.79 Å². The predicted molar refractivity (Wildman–Crippen MR) is 106 cm³/mol. The molecule has 1 fully saturated rings. The third kappa shape index (κ3) is 5.78. The maximum absolute atomic E-state index is 12.5. The van der Waals surface area contributed by atoms with Crippen LogP contribution in [0.25, 0.3) is 11.4 Å². The van der Waals surface area contributed by atoms with E-state index in [1.807, 2.05) is 17.0 Å². The van der Waals surface area contributed by atoms with Crippen LogP contribution < -0.4 is 0 Å². The van der Waals surface area contributed by atoms with Gasteiger partial charge in [-0.2, -0.15) is 4.98 Å². The molecule has 0 radical (unpaired) electrons. The molecular formula is C20H27ClN4O2. The molecule has 0 spiro atoms. The van der Waals surface area contributed by atoms with Crippen LogP contribution in [0.3, 0.4) is 0 Å². The molecule has 6 nitrogen and oxygen atoms in total. The van der Waals surface area contributed by atoms with Crippen LogP contribution >= 0.6 is 11.6 Å². The summed E-state index contributed by atoms with van der Waals surface area (Å²) >= 11 is 5.89. The molecule has 1 aromatic heterocycles. The fraction of sp³-hybridized carbons (Fsp3) is 0.550. The first-order valence-corrected chi connectivity index (χ1v) is 9.97. The van der Waals surface area contributed by atoms with Crippen molar-refractivity contribution >= 4 is 17.5 Å². The highest BCUT2D eigenvalue weighted by atomic mass is 35.5. The molecule has 2 aromatic rings. The third-order valence-electron chi connectivity index (χ3n) is 4.87. The lowest BCUT2D eigenvalue weighted by molar-refractivity contribution is -0.133. The van der Waals surface area contributed by atoms with Gasteiger partial charge in [0.2, 0.25) is 17.6 Å². The quantitative estimate of drug-likeness (QED) is 0.723. The van der Waals surface area contributed by atoms with Gasteiger partial charge in [-0.05, 0) is 43.1 Å². The lowest BCUT2D eigenvalue weighted by Crippen LogP contribution is -2.49. The number of hydrogen-bond acceptors (Lipinski definition) is 5. The molecule has 0 atom stereocenters. The van der Waals surface area contributed by atoms with Gasteiger partial charge >= 0.3 is 0 Å². The Balaban J connectivity index is 1.44. The fourth-order valence-corrected chi connectivity index (χ4v) is 3.23. The molecule has 1 aliphatic rings. The molecule has 0 N–H and O–H groups in total. The van der Waals surface area contributed by atoms with Crippen LogP contribution in [0.4, 0.5) is 0 Å². The van der Waals surface area contributed by atoms with E-state index in [1.54, 1.807) is 12.1 Å². The summed E-state index contributed by atoms with van der Waals surface area (Å²) in [6, 6.07) is 7.27. The number of rotatable bonds is 7. The van der Waals surface area contributed by atoms with Gasteiger partial charge in [0, 0.05) is 49.6 Å². The topological polar surface area (TPSA) is 62.5 Å². The number of aromatic nitrogens is 2.